The summed E-state index contributed by atoms with van der Waals surface area (Å²) in [6.45, 7) is 13.8. The van der Waals surface area contributed by atoms with Crippen molar-refractivity contribution in [2.75, 3.05) is 5.32 Å². The highest BCUT2D eigenvalue weighted by molar-refractivity contribution is 5.92. The number of para-hydroxylation sites is 2. The second kappa shape index (κ2) is 5.59. The first-order chi connectivity index (χ1) is 9.33. The van der Waals surface area contributed by atoms with E-state index in [0.717, 1.165) is 17.8 Å². The molecule has 0 spiro atoms. The van der Waals surface area contributed by atoms with Crippen molar-refractivity contribution >= 4 is 17.1 Å². The molecule has 0 bridgehead atoms. The van der Waals surface area contributed by atoms with Crippen LogP contribution in [0.1, 0.15) is 48.0 Å². The standard InChI is InChI=1S/C18H28N2/c1-12(2)11-18(6)17(13(3)4)14(5)19-15-9-7-8-10-16(15)20-18/h7-10,12-13,17,20H,11H2,1-6H3. The van der Waals surface area contributed by atoms with E-state index in [2.05, 4.69) is 71.1 Å². The lowest BCUT2D eigenvalue weighted by atomic mass is 9.71. The third kappa shape index (κ3) is 2.89. The minimum absolute atomic E-state index is 0.0581. The van der Waals surface area contributed by atoms with E-state index in [4.69, 9.17) is 4.99 Å². The Balaban J connectivity index is 2.52. The van der Waals surface area contributed by atoms with Crippen molar-refractivity contribution in [1.82, 2.24) is 0 Å². The maximum absolute atomic E-state index is 4.90. The molecule has 1 N–H and O–H groups in total. The fraction of sp³-hybridized carbons (Fsp3) is 0.611. The quantitative estimate of drug-likeness (QED) is 0.795. The van der Waals surface area contributed by atoms with Gasteiger partial charge in [0.25, 0.3) is 0 Å². The van der Waals surface area contributed by atoms with Gasteiger partial charge in [-0.3, -0.25) is 4.99 Å². The van der Waals surface area contributed by atoms with E-state index in [1.807, 2.05) is 0 Å². The molecule has 110 valence electrons. The molecule has 2 nitrogen and oxygen atoms in total. The predicted molar refractivity (Wildman–Crippen MR) is 89.0 cm³/mol. The monoisotopic (exact) mass is 272 g/mol. The molecule has 2 atom stereocenters. The van der Waals surface area contributed by atoms with Crippen molar-refractivity contribution in [3.63, 3.8) is 0 Å². The van der Waals surface area contributed by atoms with E-state index in [1.54, 1.807) is 0 Å². The summed E-state index contributed by atoms with van der Waals surface area (Å²) in [4.78, 5) is 4.90. The first-order valence-electron chi connectivity index (χ1n) is 7.76. The van der Waals surface area contributed by atoms with Crippen LogP contribution < -0.4 is 5.32 Å². The molecule has 1 aliphatic rings. The van der Waals surface area contributed by atoms with Crippen molar-refractivity contribution in [2.24, 2.45) is 22.7 Å². The summed E-state index contributed by atoms with van der Waals surface area (Å²) >= 11 is 0. The number of hydrogen-bond acceptors (Lipinski definition) is 2. The highest BCUT2D eigenvalue weighted by Gasteiger charge is 2.40. The van der Waals surface area contributed by atoms with Crippen LogP contribution in [0.2, 0.25) is 0 Å². The number of anilines is 1. The van der Waals surface area contributed by atoms with Crippen molar-refractivity contribution in [3.8, 4) is 0 Å². The van der Waals surface area contributed by atoms with E-state index in [9.17, 15) is 0 Å². The first-order valence-corrected chi connectivity index (χ1v) is 7.76. The maximum atomic E-state index is 4.90. The molecule has 1 aromatic rings. The average Bonchev–Trinajstić information content (AvgIpc) is 2.39. The molecule has 0 saturated heterocycles. The predicted octanol–water partition coefficient (Wildman–Crippen LogP) is 5.28. The fourth-order valence-corrected chi connectivity index (χ4v) is 4.03. The van der Waals surface area contributed by atoms with E-state index >= 15 is 0 Å². The number of rotatable bonds is 3. The molecule has 2 rings (SSSR count). The summed E-state index contributed by atoms with van der Waals surface area (Å²) < 4.78 is 0. The molecule has 0 amide bonds. The van der Waals surface area contributed by atoms with E-state index in [1.165, 1.54) is 5.71 Å². The molecule has 0 aromatic heterocycles. The van der Waals surface area contributed by atoms with Gasteiger partial charge in [-0.05, 0) is 44.2 Å². The largest absolute Gasteiger partial charge is 0.377 e. The SMILES string of the molecule is CC1=Nc2ccccc2NC(C)(CC(C)C)C1C(C)C. The molecule has 0 radical (unpaired) electrons. The van der Waals surface area contributed by atoms with Gasteiger partial charge in [-0.25, -0.2) is 0 Å². The number of fused-ring (bicyclic) bond motifs is 1. The molecule has 2 unspecified atom stereocenters. The van der Waals surface area contributed by atoms with E-state index in [-0.39, 0.29) is 5.54 Å². The zero-order chi connectivity index (χ0) is 14.9. The highest BCUT2D eigenvalue weighted by Crippen LogP contribution is 2.41. The Bertz CT molecular complexity index is 502. The van der Waals surface area contributed by atoms with Crippen LogP contribution in [0.15, 0.2) is 29.3 Å². The summed E-state index contributed by atoms with van der Waals surface area (Å²) in [6.07, 6.45) is 1.15. The lowest BCUT2D eigenvalue weighted by Crippen LogP contribution is -2.48. The second-order valence-corrected chi connectivity index (χ2v) is 7.13. The maximum Gasteiger partial charge on any atom is 0.0860 e. The lowest BCUT2D eigenvalue weighted by molar-refractivity contribution is 0.278. The Morgan fingerprint density at radius 2 is 1.85 bits per heavy atom. The van der Waals surface area contributed by atoms with Crippen molar-refractivity contribution < 1.29 is 0 Å². The lowest BCUT2D eigenvalue weighted by Gasteiger charge is -2.41. The molecule has 1 aromatic carbocycles. The number of aliphatic imine (C=N–C) groups is 1. The number of hydrogen-bond donors (Lipinski definition) is 1. The Hall–Kier alpha value is -1.31. The Morgan fingerprint density at radius 1 is 1.20 bits per heavy atom. The van der Waals surface area contributed by atoms with Crippen molar-refractivity contribution in [2.45, 2.75) is 53.5 Å². The summed E-state index contributed by atoms with van der Waals surface area (Å²) in [6, 6.07) is 8.40. The number of benzene rings is 1. The number of nitrogens with zero attached hydrogens (tertiary/aromatic N) is 1. The van der Waals surface area contributed by atoms with Gasteiger partial charge in [-0.2, -0.15) is 0 Å². The minimum Gasteiger partial charge on any atom is -0.377 e. The van der Waals surface area contributed by atoms with Gasteiger partial charge in [0.1, 0.15) is 0 Å². The average molecular weight is 272 g/mol. The van der Waals surface area contributed by atoms with Gasteiger partial charge >= 0.3 is 0 Å². The highest BCUT2D eigenvalue weighted by atomic mass is 15.0. The third-order valence-corrected chi connectivity index (χ3v) is 4.26. The van der Waals surface area contributed by atoms with Crippen LogP contribution in [0.5, 0.6) is 0 Å². The van der Waals surface area contributed by atoms with Gasteiger partial charge in [0.15, 0.2) is 0 Å². The zero-order valence-electron chi connectivity index (χ0n) is 13.7. The van der Waals surface area contributed by atoms with Gasteiger partial charge in [-0.15, -0.1) is 0 Å². The molecular weight excluding hydrogens is 244 g/mol. The van der Waals surface area contributed by atoms with Gasteiger partial charge in [0.05, 0.1) is 11.4 Å². The smallest absolute Gasteiger partial charge is 0.0860 e. The minimum atomic E-state index is 0.0581. The van der Waals surface area contributed by atoms with Gasteiger partial charge in [0, 0.05) is 17.2 Å². The first kappa shape index (κ1) is 15.1. The second-order valence-electron chi connectivity index (χ2n) is 7.13. The van der Waals surface area contributed by atoms with Crippen LogP contribution in [-0.2, 0) is 0 Å². The molecule has 0 saturated carbocycles. The molecule has 1 aliphatic heterocycles. The Labute approximate surface area is 123 Å². The fourth-order valence-electron chi connectivity index (χ4n) is 4.03. The molecule has 0 aliphatic carbocycles. The van der Waals surface area contributed by atoms with E-state index < -0.39 is 0 Å². The van der Waals surface area contributed by atoms with Gasteiger partial charge < -0.3 is 5.32 Å². The summed E-state index contributed by atoms with van der Waals surface area (Å²) in [5.41, 5.74) is 3.55. The third-order valence-electron chi connectivity index (χ3n) is 4.26. The van der Waals surface area contributed by atoms with Crippen LogP contribution >= 0.6 is 0 Å². The van der Waals surface area contributed by atoms with Crippen LogP contribution in [0, 0.1) is 17.8 Å². The summed E-state index contributed by atoms with van der Waals surface area (Å²) in [7, 11) is 0. The van der Waals surface area contributed by atoms with Crippen molar-refractivity contribution in [3.05, 3.63) is 24.3 Å². The van der Waals surface area contributed by atoms with Crippen LogP contribution in [-0.4, -0.2) is 11.3 Å². The zero-order valence-corrected chi connectivity index (χ0v) is 13.7. The van der Waals surface area contributed by atoms with E-state index in [0.29, 0.717) is 17.8 Å². The molecule has 0 fully saturated rings. The summed E-state index contributed by atoms with van der Waals surface area (Å²) in [5, 5.41) is 3.81. The summed E-state index contributed by atoms with van der Waals surface area (Å²) in [5.74, 6) is 1.69. The molecule has 1 heterocycles. The topological polar surface area (TPSA) is 24.4 Å². The van der Waals surface area contributed by atoms with Gasteiger partial charge in [0.2, 0.25) is 0 Å². The van der Waals surface area contributed by atoms with Gasteiger partial charge in [-0.1, -0.05) is 39.8 Å². The number of nitrogens with one attached hydrogen (secondary N) is 1. The van der Waals surface area contributed by atoms with Crippen LogP contribution in [0.25, 0.3) is 0 Å². The Morgan fingerprint density at radius 3 is 2.45 bits per heavy atom. The Kier molecular flexibility index (Phi) is 4.22. The molecule has 20 heavy (non-hydrogen) atoms. The van der Waals surface area contributed by atoms with Crippen LogP contribution in [0.4, 0.5) is 11.4 Å². The van der Waals surface area contributed by atoms with Crippen molar-refractivity contribution in [1.29, 1.82) is 0 Å². The van der Waals surface area contributed by atoms with Crippen LogP contribution in [0.3, 0.4) is 0 Å². The molecular formula is C18H28N2. The normalized spacial score (nSPS) is 26.0. The molecule has 2 heteroatoms.